The molecule has 2 rings (SSSR count). The Balaban J connectivity index is 1.74. The van der Waals surface area contributed by atoms with E-state index in [1.165, 1.54) is 0 Å². The number of nitrogens with two attached hydrogens (primary N) is 1. The predicted molar refractivity (Wildman–Crippen MR) is 75.7 cm³/mol. The summed E-state index contributed by atoms with van der Waals surface area (Å²) in [6.45, 7) is 5.33. The van der Waals surface area contributed by atoms with Crippen LogP contribution in [-0.2, 0) is 9.53 Å². The summed E-state index contributed by atoms with van der Waals surface area (Å²) in [4.78, 5) is 11.2. The van der Waals surface area contributed by atoms with Crippen molar-refractivity contribution < 1.29 is 9.53 Å². The largest absolute Gasteiger partial charge is 0.378 e. The van der Waals surface area contributed by atoms with Crippen LogP contribution in [0.1, 0.15) is 52.4 Å². The van der Waals surface area contributed by atoms with E-state index in [-0.39, 0.29) is 11.8 Å². The zero-order valence-corrected chi connectivity index (χ0v) is 12.2. The molecule has 2 fully saturated rings. The van der Waals surface area contributed by atoms with E-state index in [9.17, 15) is 4.79 Å². The third-order valence-corrected chi connectivity index (χ3v) is 4.66. The van der Waals surface area contributed by atoms with Crippen LogP contribution in [0.15, 0.2) is 0 Å². The lowest BCUT2D eigenvalue weighted by atomic mass is 9.84. The van der Waals surface area contributed by atoms with Crippen LogP contribution >= 0.6 is 0 Å². The second-order valence-corrected chi connectivity index (χ2v) is 6.49. The van der Waals surface area contributed by atoms with Crippen molar-refractivity contribution in [3.63, 3.8) is 0 Å². The lowest BCUT2D eigenvalue weighted by molar-refractivity contribution is -0.122. The number of carbonyl (C=O) groups is 1. The summed E-state index contributed by atoms with van der Waals surface area (Å²) in [7, 11) is 0. The number of hydrogen-bond acceptors (Lipinski definition) is 3. The summed E-state index contributed by atoms with van der Waals surface area (Å²) in [5.74, 6) is 0.579. The van der Waals surface area contributed by atoms with Gasteiger partial charge in [-0.05, 0) is 44.4 Å². The van der Waals surface area contributed by atoms with Crippen LogP contribution in [0.25, 0.3) is 0 Å². The van der Waals surface area contributed by atoms with Gasteiger partial charge in [-0.15, -0.1) is 0 Å². The normalized spacial score (nSPS) is 36.4. The predicted octanol–water partition coefficient (Wildman–Crippen LogP) is 1.82. The quantitative estimate of drug-likeness (QED) is 0.817. The second-order valence-electron chi connectivity index (χ2n) is 6.49. The highest BCUT2D eigenvalue weighted by atomic mass is 16.5. The minimum atomic E-state index is -0.121. The van der Waals surface area contributed by atoms with Gasteiger partial charge in [-0.3, -0.25) is 4.79 Å². The average molecular weight is 268 g/mol. The standard InChI is InChI=1S/C15H28N2O2/c1-10(2)14-9-13(7-8-19-14)17-12-5-3-11(4-6-12)15(16)18/h10-14,17H,3-9H2,1-2H3,(H2,16,18). The summed E-state index contributed by atoms with van der Waals surface area (Å²) >= 11 is 0. The topological polar surface area (TPSA) is 64.3 Å². The molecule has 110 valence electrons. The molecule has 1 amide bonds. The molecule has 0 aromatic rings. The lowest BCUT2D eigenvalue weighted by Gasteiger charge is -2.36. The number of carbonyl (C=O) groups excluding carboxylic acids is 1. The van der Waals surface area contributed by atoms with Crippen LogP contribution in [0, 0.1) is 11.8 Å². The Morgan fingerprint density at radius 3 is 2.42 bits per heavy atom. The minimum Gasteiger partial charge on any atom is -0.378 e. The number of hydrogen-bond donors (Lipinski definition) is 2. The molecule has 1 saturated heterocycles. The van der Waals surface area contributed by atoms with Crippen LogP contribution < -0.4 is 11.1 Å². The van der Waals surface area contributed by atoms with Crippen molar-refractivity contribution in [3.05, 3.63) is 0 Å². The fourth-order valence-electron chi connectivity index (χ4n) is 3.32. The summed E-state index contributed by atoms with van der Waals surface area (Å²) in [5, 5.41) is 3.77. The van der Waals surface area contributed by atoms with Gasteiger partial charge in [0.15, 0.2) is 0 Å². The number of rotatable bonds is 4. The van der Waals surface area contributed by atoms with Crippen LogP contribution in [-0.4, -0.2) is 30.7 Å². The molecule has 1 heterocycles. The van der Waals surface area contributed by atoms with Gasteiger partial charge in [-0.1, -0.05) is 13.8 Å². The fourth-order valence-corrected chi connectivity index (χ4v) is 3.32. The fraction of sp³-hybridized carbons (Fsp3) is 0.933. The molecule has 2 atom stereocenters. The number of nitrogens with one attached hydrogen (secondary N) is 1. The van der Waals surface area contributed by atoms with E-state index in [0.717, 1.165) is 45.1 Å². The van der Waals surface area contributed by atoms with Gasteiger partial charge < -0.3 is 15.8 Å². The van der Waals surface area contributed by atoms with Crippen molar-refractivity contribution in [1.82, 2.24) is 5.32 Å². The Bertz CT molecular complexity index is 299. The van der Waals surface area contributed by atoms with Crippen molar-refractivity contribution in [2.45, 2.75) is 70.6 Å². The van der Waals surface area contributed by atoms with E-state index >= 15 is 0 Å². The van der Waals surface area contributed by atoms with Crippen molar-refractivity contribution in [2.24, 2.45) is 17.6 Å². The average Bonchev–Trinajstić information content (AvgIpc) is 2.39. The van der Waals surface area contributed by atoms with Gasteiger partial charge in [-0.2, -0.15) is 0 Å². The maximum Gasteiger partial charge on any atom is 0.220 e. The lowest BCUT2D eigenvalue weighted by Crippen LogP contribution is -2.46. The second kappa shape index (κ2) is 6.71. The van der Waals surface area contributed by atoms with E-state index in [4.69, 9.17) is 10.5 Å². The molecule has 0 radical (unpaired) electrons. The SMILES string of the molecule is CC(C)C1CC(NC2CCC(C(N)=O)CC2)CCO1. The van der Waals surface area contributed by atoms with Gasteiger partial charge >= 0.3 is 0 Å². The number of amides is 1. The molecule has 1 aliphatic carbocycles. The van der Waals surface area contributed by atoms with Crippen molar-refractivity contribution >= 4 is 5.91 Å². The Labute approximate surface area is 116 Å². The zero-order valence-electron chi connectivity index (χ0n) is 12.2. The molecule has 2 aliphatic rings. The first-order valence-electron chi connectivity index (χ1n) is 7.73. The molecular formula is C15H28N2O2. The van der Waals surface area contributed by atoms with Crippen molar-refractivity contribution in [2.75, 3.05) is 6.61 Å². The van der Waals surface area contributed by atoms with Gasteiger partial charge in [0.1, 0.15) is 0 Å². The maximum atomic E-state index is 11.2. The van der Waals surface area contributed by atoms with Gasteiger partial charge in [0.25, 0.3) is 0 Å². The summed E-state index contributed by atoms with van der Waals surface area (Å²) < 4.78 is 5.81. The Morgan fingerprint density at radius 2 is 1.84 bits per heavy atom. The maximum absolute atomic E-state index is 11.2. The van der Waals surface area contributed by atoms with E-state index in [1.54, 1.807) is 0 Å². The highest BCUT2D eigenvalue weighted by molar-refractivity contribution is 5.76. The molecule has 4 nitrogen and oxygen atoms in total. The Kier molecular flexibility index (Phi) is 5.22. The molecule has 1 aliphatic heterocycles. The first-order valence-corrected chi connectivity index (χ1v) is 7.73. The molecule has 0 aromatic carbocycles. The monoisotopic (exact) mass is 268 g/mol. The van der Waals surface area contributed by atoms with E-state index in [2.05, 4.69) is 19.2 Å². The molecule has 4 heteroatoms. The van der Waals surface area contributed by atoms with Crippen molar-refractivity contribution in [1.29, 1.82) is 0 Å². The van der Waals surface area contributed by atoms with Gasteiger partial charge in [0.2, 0.25) is 5.91 Å². The third-order valence-electron chi connectivity index (χ3n) is 4.66. The highest BCUT2D eigenvalue weighted by Crippen LogP contribution is 2.26. The summed E-state index contributed by atoms with van der Waals surface area (Å²) in [6.07, 6.45) is 6.68. The molecule has 1 saturated carbocycles. The first kappa shape index (κ1) is 14.8. The molecule has 0 spiro atoms. The molecular weight excluding hydrogens is 240 g/mol. The van der Waals surface area contributed by atoms with Crippen LogP contribution in [0.4, 0.5) is 0 Å². The molecule has 3 N–H and O–H groups in total. The van der Waals surface area contributed by atoms with Gasteiger partial charge in [0, 0.05) is 24.6 Å². The Hall–Kier alpha value is -0.610. The number of primary amides is 1. The molecule has 2 unspecified atom stereocenters. The smallest absolute Gasteiger partial charge is 0.220 e. The summed E-state index contributed by atoms with van der Waals surface area (Å²) in [5.41, 5.74) is 5.37. The zero-order chi connectivity index (χ0) is 13.8. The van der Waals surface area contributed by atoms with Gasteiger partial charge in [0.05, 0.1) is 6.10 Å². The highest BCUT2D eigenvalue weighted by Gasteiger charge is 2.29. The van der Waals surface area contributed by atoms with Gasteiger partial charge in [-0.25, -0.2) is 0 Å². The van der Waals surface area contributed by atoms with Crippen LogP contribution in [0.3, 0.4) is 0 Å². The summed E-state index contributed by atoms with van der Waals surface area (Å²) in [6, 6.07) is 1.14. The molecule has 19 heavy (non-hydrogen) atoms. The molecule has 0 aromatic heterocycles. The van der Waals surface area contributed by atoms with E-state index in [1.807, 2.05) is 0 Å². The number of ether oxygens (including phenoxy) is 1. The van der Waals surface area contributed by atoms with Crippen LogP contribution in [0.2, 0.25) is 0 Å². The van der Waals surface area contributed by atoms with Crippen molar-refractivity contribution in [3.8, 4) is 0 Å². The molecule has 0 bridgehead atoms. The third kappa shape index (κ3) is 4.18. The van der Waals surface area contributed by atoms with E-state index in [0.29, 0.717) is 24.1 Å². The Morgan fingerprint density at radius 1 is 1.16 bits per heavy atom. The van der Waals surface area contributed by atoms with Crippen LogP contribution in [0.5, 0.6) is 0 Å². The minimum absolute atomic E-state index is 0.108. The van der Waals surface area contributed by atoms with E-state index < -0.39 is 0 Å². The first-order chi connectivity index (χ1) is 9.06.